The predicted octanol–water partition coefficient (Wildman–Crippen LogP) is 6.72. The molecule has 0 saturated carbocycles. The third kappa shape index (κ3) is 4.22. The zero-order valence-corrected chi connectivity index (χ0v) is 16.4. The van der Waals surface area contributed by atoms with Gasteiger partial charge in [-0.05, 0) is 37.1 Å². The zero-order chi connectivity index (χ0) is 18.5. The van der Waals surface area contributed by atoms with Gasteiger partial charge in [-0.1, -0.05) is 60.8 Å². The van der Waals surface area contributed by atoms with Crippen molar-refractivity contribution < 1.29 is 4.74 Å². The fraction of sp³-hybridized carbons (Fsp3) is 0.286. The van der Waals surface area contributed by atoms with Crippen molar-refractivity contribution in [1.82, 2.24) is 9.55 Å². The lowest BCUT2D eigenvalue weighted by atomic mass is 10.0. The van der Waals surface area contributed by atoms with E-state index in [0.717, 1.165) is 29.7 Å². The Morgan fingerprint density at radius 1 is 1.12 bits per heavy atom. The van der Waals surface area contributed by atoms with E-state index in [1.54, 1.807) is 6.07 Å². The Bertz CT molecular complexity index is 849. The van der Waals surface area contributed by atoms with Crippen molar-refractivity contribution in [3.63, 3.8) is 0 Å². The van der Waals surface area contributed by atoms with Crippen LogP contribution in [0.5, 0.6) is 5.75 Å². The molecule has 2 atom stereocenters. The van der Waals surface area contributed by atoms with Crippen LogP contribution >= 0.6 is 23.2 Å². The Hall–Kier alpha value is -1.97. The quantitative estimate of drug-likeness (QED) is 0.449. The van der Waals surface area contributed by atoms with Gasteiger partial charge < -0.3 is 9.30 Å². The molecule has 0 bridgehead atoms. The van der Waals surface area contributed by atoms with Crippen molar-refractivity contribution in [3.8, 4) is 5.75 Å². The summed E-state index contributed by atoms with van der Waals surface area (Å²) in [5.74, 6) is 0.873. The van der Waals surface area contributed by atoms with Crippen LogP contribution in [0.1, 0.15) is 50.0 Å². The van der Waals surface area contributed by atoms with E-state index in [0.29, 0.717) is 10.0 Å². The number of halogens is 2. The molecule has 2 unspecified atom stereocenters. The lowest BCUT2D eigenvalue weighted by molar-refractivity contribution is 0.222. The standard InChI is InChI=1S/C21H22Cl2N2O/c1-3-6-20(25-12-11-24-14-25)17-7-4-5-8-21(17)26-15(2)16-9-10-18(22)19(23)13-16/h4-5,7-15,20H,3,6H2,1-2H3. The summed E-state index contributed by atoms with van der Waals surface area (Å²) in [6, 6.07) is 14.0. The van der Waals surface area contributed by atoms with E-state index in [9.17, 15) is 0 Å². The van der Waals surface area contributed by atoms with Crippen LogP contribution in [0.25, 0.3) is 0 Å². The molecule has 2 aromatic carbocycles. The summed E-state index contributed by atoms with van der Waals surface area (Å²) in [5.41, 5.74) is 2.14. The maximum Gasteiger partial charge on any atom is 0.125 e. The van der Waals surface area contributed by atoms with Crippen LogP contribution in [0.4, 0.5) is 0 Å². The number of benzene rings is 2. The lowest BCUT2D eigenvalue weighted by Crippen LogP contribution is -2.12. The Morgan fingerprint density at radius 3 is 2.62 bits per heavy atom. The normalized spacial score (nSPS) is 13.4. The highest BCUT2D eigenvalue weighted by Crippen LogP contribution is 2.34. The molecule has 0 aliphatic carbocycles. The lowest BCUT2D eigenvalue weighted by Gasteiger charge is -2.24. The van der Waals surface area contributed by atoms with Gasteiger partial charge in [0.25, 0.3) is 0 Å². The Labute approximate surface area is 164 Å². The molecule has 0 fully saturated rings. The second-order valence-electron chi connectivity index (χ2n) is 6.29. The van der Waals surface area contributed by atoms with E-state index in [4.69, 9.17) is 27.9 Å². The van der Waals surface area contributed by atoms with Crippen molar-refractivity contribution in [1.29, 1.82) is 0 Å². The van der Waals surface area contributed by atoms with Crippen LogP contribution in [-0.2, 0) is 0 Å². The largest absolute Gasteiger partial charge is 0.486 e. The summed E-state index contributed by atoms with van der Waals surface area (Å²) in [6.45, 7) is 4.20. The van der Waals surface area contributed by atoms with Gasteiger partial charge in [-0.3, -0.25) is 0 Å². The van der Waals surface area contributed by atoms with Gasteiger partial charge in [0.05, 0.1) is 22.4 Å². The average Bonchev–Trinajstić information content (AvgIpc) is 3.17. The summed E-state index contributed by atoms with van der Waals surface area (Å²) >= 11 is 12.2. The molecule has 3 aromatic rings. The van der Waals surface area contributed by atoms with Gasteiger partial charge in [-0.25, -0.2) is 4.98 Å². The van der Waals surface area contributed by atoms with Crippen molar-refractivity contribution in [2.75, 3.05) is 0 Å². The highest BCUT2D eigenvalue weighted by atomic mass is 35.5. The highest BCUT2D eigenvalue weighted by molar-refractivity contribution is 6.42. The first-order valence-corrected chi connectivity index (χ1v) is 9.53. The van der Waals surface area contributed by atoms with Crippen LogP contribution in [0.15, 0.2) is 61.2 Å². The zero-order valence-electron chi connectivity index (χ0n) is 14.9. The third-order valence-electron chi connectivity index (χ3n) is 4.44. The van der Waals surface area contributed by atoms with Gasteiger partial charge >= 0.3 is 0 Å². The summed E-state index contributed by atoms with van der Waals surface area (Å²) in [4.78, 5) is 4.20. The van der Waals surface area contributed by atoms with E-state index in [-0.39, 0.29) is 12.1 Å². The number of hydrogen-bond donors (Lipinski definition) is 0. The first-order chi connectivity index (χ1) is 12.6. The molecule has 0 amide bonds. The number of nitrogens with zero attached hydrogens (tertiary/aromatic N) is 2. The molecule has 3 nitrogen and oxygen atoms in total. The molecule has 0 aliphatic rings. The third-order valence-corrected chi connectivity index (χ3v) is 5.18. The number of rotatable bonds is 7. The fourth-order valence-corrected chi connectivity index (χ4v) is 3.39. The smallest absolute Gasteiger partial charge is 0.125 e. The second-order valence-corrected chi connectivity index (χ2v) is 7.10. The van der Waals surface area contributed by atoms with Crippen LogP contribution in [-0.4, -0.2) is 9.55 Å². The van der Waals surface area contributed by atoms with Crippen LogP contribution < -0.4 is 4.74 Å². The Balaban J connectivity index is 1.89. The molecular weight excluding hydrogens is 367 g/mol. The molecule has 0 spiro atoms. The van der Waals surface area contributed by atoms with Crippen molar-refractivity contribution in [2.45, 2.75) is 38.8 Å². The van der Waals surface area contributed by atoms with Crippen LogP contribution in [0.3, 0.4) is 0 Å². The number of ether oxygens (including phenoxy) is 1. The minimum absolute atomic E-state index is 0.143. The summed E-state index contributed by atoms with van der Waals surface area (Å²) in [7, 11) is 0. The SMILES string of the molecule is CCCC(c1ccccc1OC(C)c1ccc(Cl)c(Cl)c1)n1ccnc1. The molecule has 1 heterocycles. The van der Waals surface area contributed by atoms with E-state index in [1.165, 1.54) is 0 Å². The van der Waals surface area contributed by atoms with E-state index < -0.39 is 0 Å². The van der Waals surface area contributed by atoms with Gasteiger partial charge in [-0.15, -0.1) is 0 Å². The summed E-state index contributed by atoms with van der Waals surface area (Å²) in [5, 5.41) is 1.08. The monoisotopic (exact) mass is 388 g/mol. The van der Waals surface area contributed by atoms with Gasteiger partial charge in [0.1, 0.15) is 11.9 Å². The molecular formula is C21H22Cl2N2O. The minimum atomic E-state index is -0.143. The molecule has 0 aliphatic heterocycles. The van der Waals surface area contributed by atoms with E-state index in [1.807, 2.05) is 56.0 Å². The van der Waals surface area contributed by atoms with E-state index in [2.05, 4.69) is 22.5 Å². The second kappa shape index (κ2) is 8.61. The van der Waals surface area contributed by atoms with Gasteiger partial charge in [0.2, 0.25) is 0 Å². The first kappa shape index (κ1) is 18.8. The average molecular weight is 389 g/mol. The molecule has 26 heavy (non-hydrogen) atoms. The summed E-state index contributed by atoms with van der Waals surface area (Å²) in [6.07, 6.45) is 7.61. The Morgan fingerprint density at radius 2 is 1.92 bits per heavy atom. The Kier molecular flexibility index (Phi) is 6.23. The highest BCUT2D eigenvalue weighted by Gasteiger charge is 2.19. The number of para-hydroxylation sites is 1. The molecule has 0 saturated heterocycles. The molecule has 0 N–H and O–H groups in total. The van der Waals surface area contributed by atoms with Crippen molar-refractivity contribution >= 4 is 23.2 Å². The minimum Gasteiger partial charge on any atom is -0.486 e. The van der Waals surface area contributed by atoms with Gasteiger partial charge in [-0.2, -0.15) is 0 Å². The maximum atomic E-state index is 6.32. The topological polar surface area (TPSA) is 27.1 Å². The summed E-state index contributed by atoms with van der Waals surface area (Å²) < 4.78 is 8.45. The molecule has 3 rings (SSSR count). The van der Waals surface area contributed by atoms with Crippen molar-refractivity contribution in [3.05, 3.63) is 82.4 Å². The number of aromatic nitrogens is 2. The molecule has 5 heteroatoms. The van der Waals surface area contributed by atoms with Crippen LogP contribution in [0.2, 0.25) is 10.0 Å². The van der Waals surface area contributed by atoms with E-state index >= 15 is 0 Å². The van der Waals surface area contributed by atoms with Crippen LogP contribution in [0, 0.1) is 0 Å². The fourth-order valence-electron chi connectivity index (χ4n) is 3.08. The molecule has 0 radical (unpaired) electrons. The van der Waals surface area contributed by atoms with Gasteiger partial charge in [0.15, 0.2) is 0 Å². The molecule has 1 aromatic heterocycles. The maximum absolute atomic E-state index is 6.32. The van der Waals surface area contributed by atoms with Crippen molar-refractivity contribution in [2.24, 2.45) is 0 Å². The number of imidazole rings is 1. The number of hydrogen-bond acceptors (Lipinski definition) is 2. The first-order valence-electron chi connectivity index (χ1n) is 8.78. The molecule has 136 valence electrons. The predicted molar refractivity (Wildman–Crippen MR) is 107 cm³/mol. The van der Waals surface area contributed by atoms with Gasteiger partial charge in [0, 0.05) is 18.0 Å².